The molecule has 0 aliphatic heterocycles. The van der Waals surface area contributed by atoms with Crippen LogP contribution in [0.15, 0.2) is 0 Å². The van der Waals surface area contributed by atoms with Crippen LogP contribution in [0.5, 0.6) is 0 Å². The Kier molecular flexibility index (Phi) is 9.42. The number of unbranched alkanes of at least 4 members (excludes halogenated alkanes) is 2. The summed E-state index contributed by atoms with van der Waals surface area (Å²) in [4.78, 5) is 2.47. The zero-order valence-corrected chi connectivity index (χ0v) is 10.5. The Morgan fingerprint density at radius 1 is 1.14 bits per heavy atom. The predicted octanol–water partition coefficient (Wildman–Crippen LogP) is 2.50. The fraction of sp³-hybridized carbons (Fsp3) is 1.00. The maximum Gasteiger partial charge on any atom is 0.00612 e. The van der Waals surface area contributed by atoms with Crippen LogP contribution in [0.4, 0.5) is 0 Å². The first-order chi connectivity index (χ1) is 6.72. The minimum Gasteiger partial charge on any atom is -0.317 e. The van der Waals surface area contributed by atoms with Gasteiger partial charge in [-0.15, -0.1) is 0 Å². The third kappa shape index (κ3) is 7.34. The van der Waals surface area contributed by atoms with Crippen LogP contribution in [0, 0.1) is 0 Å². The summed E-state index contributed by atoms with van der Waals surface area (Å²) in [7, 11) is 2.23. The molecular formula is C12H28N2. The second-order valence-corrected chi connectivity index (χ2v) is 4.15. The number of hydrogen-bond acceptors (Lipinski definition) is 2. The topological polar surface area (TPSA) is 15.3 Å². The first kappa shape index (κ1) is 13.9. The van der Waals surface area contributed by atoms with Gasteiger partial charge in [0.25, 0.3) is 0 Å². The highest BCUT2D eigenvalue weighted by Crippen LogP contribution is 2.03. The van der Waals surface area contributed by atoms with Crippen molar-refractivity contribution in [3.8, 4) is 0 Å². The summed E-state index contributed by atoms with van der Waals surface area (Å²) >= 11 is 0. The van der Waals surface area contributed by atoms with Crippen molar-refractivity contribution in [3.63, 3.8) is 0 Å². The highest BCUT2D eigenvalue weighted by Gasteiger charge is 2.04. The van der Waals surface area contributed by atoms with Crippen molar-refractivity contribution in [2.75, 3.05) is 26.7 Å². The molecule has 0 saturated carbocycles. The van der Waals surface area contributed by atoms with Gasteiger partial charge in [-0.25, -0.2) is 0 Å². The zero-order valence-electron chi connectivity index (χ0n) is 10.5. The Bertz CT molecular complexity index is 115. The molecule has 0 heterocycles. The molecule has 0 aliphatic carbocycles. The van der Waals surface area contributed by atoms with E-state index in [0.717, 1.165) is 12.6 Å². The average Bonchev–Trinajstić information content (AvgIpc) is 2.21. The maximum absolute atomic E-state index is 3.36. The lowest BCUT2D eigenvalue weighted by Crippen LogP contribution is -2.29. The summed E-state index contributed by atoms with van der Waals surface area (Å²) in [5, 5.41) is 3.36. The first-order valence-electron chi connectivity index (χ1n) is 6.13. The van der Waals surface area contributed by atoms with Crippen molar-refractivity contribution in [2.24, 2.45) is 0 Å². The lowest BCUT2D eigenvalue weighted by molar-refractivity contribution is 0.246. The molecule has 0 rings (SSSR count). The molecule has 0 aromatic heterocycles. The van der Waals surface area contributed by atoms with E-state index in [0.29, 0.717) is 0 Å². The van der Waals surface area contributed by atoms with E-state index < -0.39 is 0 Å². The minimum absolute atomic E-state index is 0.740. The smallest absolute Gasteiger partial charge is 0.00612 e. The Labute approximate surface area is 90.1 Å². The van der Waals surface area contributed by atoms with Gasteiger partial charge in [-0.05, 0) is 52.9 Å². The molecule has 0 radical (unpaired) electrons. The lowest BCUT2D eigenvalue weighted by Gasteiger charge is -2.23. The molecule has 1 N–H and O–H groups in total. The third-order valence-corrected chi connectivity index (χ3v) is 2.96. The quantitative estimate of drug-likeness (QED) is 0.575. The van der Waals surface area contributed by atoms with E-state index in [-0.39, 0.29) is 0 Å². The molecule has 0 amide bonds. The largest absolute Gasteiger partial charge is 0.317 e. The Morgan fingerprint density at radius 2 is 1.86 bits per heavy atom. The molecular weight excluding hydrogens is 172 g/mol. The number of nitrogens with zero attached hydrogens (tertiary/aromatic N) is 1. The van der Waals surface area contributed by atoms with E-state index in [9.17, 15) is 0 Å². The molecule has 0 aromatic rings. The zero-order chi connectivity index (χ0) is 10.8. The van der Waals surface area contributed by atoms with Crippen molar-refractivity contribution in [1.82, 2.24) is 10.2 Å². The van der Waals surface area contributed by atoms with Gasteiger partial charge in [-0.3, -0.25) is 0 Å². The van der Waals surface area contributed by atoms with Crippen LogP contribution in [0.2, 0.25) is 0 Å². The van der Waals surface area contributed by atoms with E-state index >= 15 is 0 Å². The van der Waals surface area contributed by atoms with Crippen LogP contribution in [-0.4, -0.2) is 37.6 Å². The van der Waals surface area contributed by atoms with Gasteiger partial charge >= 0.3 is 0 Å². The van der Waals surface area contributed by atoms with Gasteiger partial charge in [0.15, 0.2) is 0 Å². The van der Waals surface area contributed by atoms with Crippen LogP contribution >= 0.6 is 0 Å². The van der Waals surface area contributed by atoms with Gasteiger partial charge in [0.2, 0.25) is 0 Å². The van der Waals surface area contributed by atoms with Crippen LogP contribution in [0.3, 0.4) is 0 Å². The average molecular weight is 200 g/mol. The molecule has 1 atom stereocenters. The summed E-state index contributed by atoms with van der Waals surface area (Å²) in [6.45, 7) is 10.3. The molecule has 1 unspecified atom stereocenters. The fourth-order valence-corrected chi connectivity index (χ4v) is 1.50. The van der Waals surface area contributed by atoms with E-state index in [1.807, 2.05) is 0 Å². The normalized spacial score (nSPS) is 13.5. The molecule has 0 aliphatic rings. The summed E-state index contributed by atoms with van der Waals surface area (Å²) < 4.78 is 0. The molecule has 0 fully saturated rings. The first-order valence-corrected chi connectivity index (χ1v) is 6.13. The van der Waals surface area contributed by atoms with Crippen molar-refractivity contribution < 1.29 is 0 Å². The highest BCUT2D eigenvalue weighted by molar-refractivity contribution is 4.60. The van der Waals surface area contributed by atoms with Gasteiger partial charge < -0.3 is 10.2 Å². The summed E-state index contributed by atoms with van der Waals surface area (Å²) in [5.41, 5.74) is 0. The van der Waals surface area contributed by atoms with Gasteiger partial charge in [-0.2, -0.15) is 0 Å². The maximum atomic E-state index is 3.36. The Morgan fingerprint density at radius 3 is 2.43 bits per heavy atom. The molecule has 86 valence electrons. The fourth-order valence-electron chi connectivity index (χ4n) is 1.50. The van der Waals surface area contributed by atoms with Crippen molar-refractivity contribution in [3.05, 3.63) is 0 Å². The van der Waals surface area contributed by atoms with Crippen LogP contribution in [-0.2, 0) is 0 Å². The Balaban J connectivity index is 3.18. The number of rotatable bonds is 9. The third-order valence-electron chi connectivity index (χ3n) is 2.96. The van der Waals surface area contributed by atoms with Gasteiger partial charge in [-0.1, -0.05) is 20.3 Å². The van der Waals surface area contributed by atoms with Gasteiger partial charge in [0.1, 0.15) is 0 Å². The minimum atomic E-state index is 0.740. The number of hydrogen-bond donors (Lipinski definition) is 1. The van der Waals surface area contributed by atoms with Gasteiger partial charge in [0.05, 0.1) is 0 Å². The Hall–Kier alpha value is -0.0800. The van der Waals surface area contributed by atoms with E-state index in [1.54, 1.807) is 0 Å². The van der Waals surface area contributed by atoms with Crippen LogP contribution in [0.25, 0.3) is 0 Å². The predicted molar refractivity (Wildman–Crippen MR) is 64.8 cm³/mol. The summed E-state index contributed by atoms with van der Waals surface area (Å²) in [6, 6.07) is 0.740. The van der Waals surface area contributed by atoms with Crippen molar-refractivity contribution in [2.45, 2.75) is 52.5 Å². The van der Waals surface area contributed by atoms with E-state index in [4.69, 9.17) is 0 Å². The molecule has 0 spiro atoms. The molecule has 0 saturated heterocycles. The van der Waals surface area contributed by atoms with Crippen LogP contribution in [0.1, 0.15) is 46.5 Å². The van der Waals surface area contributed by atoms with Crippen LogP contribution < -0.4 is 5.32 Å². The van der Waals surface area contributed by atoms with Crippen molar-refractivity contribution in [1.29, 1.82) is 0 Å². The highest BCUT2D eigenvalue weighted by atomic mass is 15.1. The molecule has 14 heavy (non-hydrogen) atoms. The van der Waals surface area contributed by atoms with E-state index in [2.05, 4.69) is 38.0 Å². The molecule has 2 nitrogen and oxygen atoms in total. The monoisotopic (exact) mass is 200 g/mol. The molecule has 2 heteroatoms. The molecule has 0 aromatic carbocycles. The standard InChI is InChI=1S/C12H28N2/c1-5-12(3)14(4)11-9-7-8-10-13-6-2/h12-13H,5-11H2,1-4H3. The van der Waals surface area contributed by atoms with Gasteiger partial charge in [0, 0.05) is 6.04 Å². The number of nitrogens with one attached hydrogen (secondary N) is 1. The molecule has 0 bridgehead atoms. The second-order valence-electron chi connectivity index (χ2n) is 4.15. The van der Waals surface area contributed by atoms with E-state index in [1.165, 1.54) is 38.8 Å². The summed E-state index contributed by atoms with van der Waals surface area (Å²) in [5.74, 6) is 0. The van der Waals surface area contributed by atoms with Crippen molar-refractivity contribution >= 4 is 0 Å². The second kappa shape index (κ2) is 9.47. The lowest BCUT2D eigenvalue weighted by atomic mass is 10.2. The SMILES string of the molecule is CCNCCCCCN(C)C(C)CC. The summed E-state index contributed by atoms with van der Waals surface area (Å²) in [6.07, 6.45) is 5.27.